The lowest BCUT2D eigenvalue weighted by Gasteiger charge is -2.26. The Morgan fingerprint density at radius 1 is 0.540 bits per heavy atom. The smallest absolute Gasteiger partial charge is 0.508 e. The van der Waals surface area contributed by atoms with Crippen LogP contribution in [-0.4, -0.2) is 114 Å². The number of carbonyl (C=O) groups is 3. The summed E-state index contributed by atoms with van der Waals surface area (Å²) in [7, 11) is -5.76. The van der Waals surface area contributed by atoms with Gasteiger partial charge in [-0.3, -0.25) is 4.79 Å². The van der Waals surface area contributed by atoms with Crippen LogP contribution < -0.4 is 4.18 Å². The van der Waals surface area contributed by atoms with Gasteiger partial charge in [0.25, 0.3) is 0 Å². The van der Waals surface area contributed by atoms with Crippen LogP contribution >= 0.6 is 0 Å². The van der Waals surface area contributed by atoms with Gasteiger partial charge in [-0.2, -0.15) is 34.8 Å². The maximum absolute atomic E-state index is 12.6. The number of ether oxygens (including phenoxy) is 2. The average Bonchev–Trinajstić information content (AvgIpc) is 3.62. The lowest BCUT2D eigenvalue weighted by Crippen LogP contribution is -2.42. The minimum atomic E-state index is -5.76. The Labute approximate surface area is 362 Å². The van der Waals surface area contributed by atoms with Gasteiger partial charge < -0.3 is 38.6 Å². The molecule has 3 aliphatic rings. The van der Waals surface area contributed by atoms with Crippen molar-refractivity contribution in [3.05, 3.63) is 88.0 Å². The van der Waals surface area contributed by atoms with E-state index in [-0.39, 0.29) is 50.1 Å². The zero-order valence-electron chi connectivity index (χ0n) is 35.9. The molecule has 0 aromatic heterocycles. The number of halogens is 6. The number of phenolic OH excluding ortho intramolecular Hbond substituents is 2. The van der Waals surface area contributed by atoms with Gasteiger partial charge >= 0.3 is 39.9 Å². The van der Waals surface area contributed by atoms with Crippen molar-refractivity contribution in [3.63, 3.8) is 0 Å². The molecule has 3 amide bonds. The number of carbonyl (C=O) groups excluding carboxylic acids is 3. The van der Waals surface area contributed by atoms with Gasteiger partial charge in [0.1, 0.15) is 28.5 Å². The standard InChI is InChI=1S/C16H20F3NO5S.C15H21NO3.C12H12F3NO2/c1-15(2,3)24-14(21)20-9-7-11-5-4-6-13(12(11)8-10-20)25-26(22,23)16(17,18)19;1-15(2,3)19-14(18)16-9-7-11-5-4-6-13(17)12(11)8-10-16;13-12(14,15)11(18)16-6-4-8-2-1-3-10(17)9(8)5-7-16/h4-6H,7-10H2,1-3H3;4-6,17H,7-10H2,1-3H3;1-3,17H,4-7H2. The Morgan fingerprint density at radius 3 is 1.29 bits per heavy atom. The van der Waals surface area contributed by atoms with E-state index in [1.54, 1.807) is 49.9 Å². The number of aromatic hydroxyl groups is 2. The van der Waals surface area contributed by atoms with Crippen LogP contribution in [0.4, 0.5) is 35.9 Å². The zero-order chi connectivity index (χ0) is 47.1. The first-order valence-electron chi connectivity index (χ1n) is 20.1. The van der Waals surface area contributed by atoms with E-state index in [9.17, 15) is 59.4 Å². The highest BCUT2D eigenvalue weighted by Gasteiger charge is 2.49. The van der Waals surface area contributed by atoms with E-state index in [4.69, 9.17) is 9.47 Å². The van der Waals surface area contributed by atoms with Gasteiger partial charge in [-0.25, -0.2) is 9.59 Å². The molecule has 0 saturated carbocycles. The molecule has 3 heterocycles. The van der Waals surface area contributed by atoms with E-state index < -0.39 is 45.0 Å². The molecule has 3 aliphatic heterocycles. The number of fused-ring (bicyclic) bond motifs is 3. The fraction of sp³-hybridized carbons (Fsp3) is 0.512. The van der Waals surface area contributed by atoms with Crippen molar-refractivity contribution >= 4 is 28.2 Å². The van der Waals surface area contributed by atoms with Gasteiger partial charge in [-0.05, 0) is 126 Å². The first-order valence-corrected chi connectivity index (χ1v) is 21.5. The molecule has 0 bridgehead atoms. The molecule has 0 fully saturated rings. The second-order valence-electron chi connectivity index (χ2n) is 16.9. The number of hydrogen-bond acceptors (Lipinski definition) is 10. The van der Waals surface area contributed by atoms with Gasteiger partial charge in [0.2, 0.25) is 0 Å². The van der Waals surface area contributed by atoms with Crippen molar-refractivity contribution in [3.8, 4) is 17.2 Å². The monoisotopic (exact) mass is 917 g/mol. The molecule has 0 radical (unpaired) electrons. The van der Waals surface area contributed by atoms with Crippen LogP contribution in [0.3, 0.4) is 0 Å². The van der Waals surface area contributed by atoms with Crippen molar-refractivity contribution in [2.24, 2.45) is 0 Å². The average molecular weight is 918 g/mol. The zero-order valence-corrected chi connectivity index (χ0v) is 36.7. The molecule has 0 aliphatic carbocycles. The highest BCUT2D eigenvalue weighted by molar-refractivity contribution is 7.88. The molecular weight excluding hydrogens is 865 g/mol. The van der Waals surface area contributed by atoms with Gasteiger partial charge in [0.15, 0.2) is 0 Å². The number of nitrogens with zero attached hydrogens (tertiary/aromatic N) is 3. The normalized spacial score (nSPS) is 15.8. The number of benzene rings is 3. The van der Waals surface area contributed by atoms with Crippen molar-refractivity contribution < 1.29 is 73.0 Å². The predicted octanol–water partition coefficient (Wildman–Crippen LogP) is 7.86. The molecule has 20 heteroatoms. The molecule has 0 spiro atoms. The van der Waals surface area contributed by atoms with Crippen LogP contribution in [-0.2, 0) is 62.9 Å². The van der Waals surface area contributed by atoms with E-state index in [0.717, 1.165) is 28.0 Å². The molecule has 2 N–H and O–H groups in total. The Bertz CT molecular complexity index is 2220. The second kappa shape index (κ2) is 20.0. The quantitative estimate of drug-likeness (QED) is 0.147. The SMILES string of the molecule is CC(C)(C)OC(=O)N1CCc2cccc(O)c2CC1.CC(C)(C)OC(=O)N1CCc2cccc(OS(=O)(=O)C(F)(F)F)c2CC1.O=C(N1CCc2cccc(O)c2CC1)C(F)(F)F. The predicted molar refractivity (Wildman–Crippen MR) is 219 cm³/mol. The van der Waals surface area contributed by atoms with E-state index in [1.165, 1.54) is 23.1 Å². The Hall–Kier alpha value is -5.40. The van der Waals surface area contributed by atoms with Gasteiger partial charge in [0, 0.05) is 44.8 Å². The van der Waals surface area contributed by atoms with Crippen molar-refractivity contribution in [1.82, 2.24) is 14.7 Å². The number of hydrogen-bond donors (Lipinski definition) is 2. The number of amides is 3. The highest BCUT2D eigenvalue weighted by Crippen LogP contribution is 2.33. The topological polar surface area (TPSA) is 163 Å². The van der Waals surface area contributed by atoms with Gasteiger partial charge in [-0.1, -0.05) is 36.4 Å². The van der Waals surface area contributed by atoms with E-state index in [2.05, 4.69) is 4.18 Å². The fourth-order valence-electron chi connectivity index (χ4n) is 6.90. The minimum absolute atomic E-state index is 0.0226. The van der Waals surface area contributed by atoms with Crippen LogP contribution in [0.2, 0.25) is 0 Å². The van der Waals surface area contributed by atoms with Crippen molar-refractivity contribution in [2.45, 2.75) is 103 Å². The molecule has 0 saturated heterocycles. The van der Waals surface area contributed by atoms with Gasteiger partial charge in [0.05, 0.1) is 0 Å². The summed E-state index contributed by atoms with van der Waals surface area (Å²) in [4.78, 5) is 39.3. The first kappa shape index (κ1) is 50.2. The van der Waals surface area contributed by atoms with Crippen LogP contribution in [0.15, 0.2) is 54.6 Å². The van der Waals surface area contributed by atoms with E-state index in [1.807, 2.05) is 32.9 Å². The third kappa shape index (κ3) is 14.3. The summed E-state index contributed by atoms with van der Waals surface area (Å²) in [5.74, 6) is -1.78. The Morgan fingerprint density at radius 2 is 0.889 bits per heavy atom. The molecular formula is C43H53F6N3O10S. The third-order valence-electron chi connectivity index (χ3n) is 9.89. The fourth-order valence-corrected chi connectivity index (χ4v) is 7.39. The summed E-state index contributed by atoms with van der Waals surface area (Å²) in [6.07, 6.45) is -3.16. The summed E-state index contributed by atoms with van der Waals surface area (Å²) in [6, 6.07) is 14.7. The highest BCUT2D eigenvalue weighted by atomic mass is 32.2. The molecule has 3 aromatic rings. The molecule has 13 nitrogen and oxygen atoms in total. The third-order valence-corrected chi connectivity index (χ3v) is 10.9. The lowest BCUT2D eigenvalue weighted by atomic mass is 10.0. The molecule has 3 aromatic carbocycles. The van der Waals surface area contributed by atoms with E-state index in [0.29, 0.717) is 61.3 Å². The maximum atomic E-state index is 12.6. The Kier molecular flexibility index (Phi) is 15.9. The summed E-state index contributed by atoms with van der Waals surface area (Å²) in [5.41, 5.74) is -2.19. The number of alkyl halides is 6. The van der Waals surface area contributed by atoms with Crippen LogP contribution in [0.25, 0.3) is 0 Å². The van der Waals surface area contributed by atoms with E-state index >= 15 is 0 Å². The molecule has 0 atom stereocenters. The number of phenols is 2. The Balaban J connectivity index is 0.000000212. The maximum Gasteiger partial charge on any atom is 0.534 e. The largest absolute Gasteiger partial charge is 0.534 e. The molecule has 6 rings (SSSR count). The molecule has 348 valence electrons. The summed E-state index contributed by atoms with van der Waals surface area (Å²) in [5, 5.41) is 19.5. The second-order valence-corrected chi connectivity index (χ2v) is 18.5. The van der Waals surface area contributed by atoms with Gasteiger partial charge in [-0.15, -0.1) is 0 Å². The summed E-state index contributed by atoms with van der Waals surface area (Å²) >= 11 is 0. The lowest BCUT2D eigenvalue weighted by molar-refractivity contribution is -0.185. The van der Waals surface area contributed by atoms with Crippen molar-refractivity contribution in [1.29, 1.82) is 0 Å². The summed E-state index contributed by atoms with van der Waals surface area (Å²) in [6.45, 7) is 12.5. The minimum Gasteiger partial charge on any atom is -0.508 e. The van der Waals surface area contributed by atoms with Crippen molar-refractivity contribution in [2.75, 3.05) is 39.3 Å². The first-order chi connectivity index (χ1) is 29.1. The molecule has 0 unspecified atom stereocenters. The molecule has 63 heavy (non-hydrogen) atoms. The van der Waals surface area contributed by atoms with Crippen LogP contribution in [0.1, 0.15) is 74.9 Å². The number of rotatable bonds is 2. The van der Waals surface area contributed by atoms with Crippen LogP contribution in [0.5, 0.6) is 17.2 Å². The summed E-state index contributed by atoms with van der Waals surface area (Å²) < 4.78 is 112. The van der Waals surface area contributed by atoms with Crippen LogP contribution in [0, 0.1) is 0 Å².